The Balaban J connectivity index is 1.61. The summed E-state index contributed by atoms with van der Waals surface area (Å²) >= 11 is 0. The Hall–Kier alpha value is -4.23. The highest BCUT2D eigenvalue weighted by molar-refractivity contribution is 6.04. The van der Waals surface area contributed by atoms with Gasteiger partial charge in [0.05, 0.1) is 25.8 Å². The van der Waals surface area contributed by atoms with Crippen molar-refractivity contribution in [3.8, 4) is 16.9 Å². The van der Waals surface area contributed by atoms with Gasteiger partial charge in [0.2, 0.25) is 5.91 Å². The number of benzene rings is 3. The topological polar surface area (TPSA) is 78.0 Å². The second-order valence-corrected chi connectivity index (χ2v) is 10.8. The van der Waals surface area contributed by atoms with E-state index in [9.17, 15) is 9.59 Å². The lowest BCUT2D eigenvalue weighted by molar-refractivity contribution is -0.120. The molecule has 0 N–H and O–H groups in total. The van der Waals surface area contributed by atoms with Crippen LogP contribution in [-0.2, 0) is 20.8 Å². The third-order valence-corrected chi connectivity index (χ3v) is 6.44. The molecule has 4 aromatic rings. The number of aromatic nitrogens is 1. The summed E-state index contributed by atoms with van der Waals surface area (Å²) in [5.41, 5.74) is 3.38. The quantitative estimate of drug-likeness (QED) is 0.165. The molecule has 0 aliphatic heterocycles. The number of pyridine rings is 1. The molecule has 4 rings (SSSR count). The number of fused-ring (bicyclic) bond motifs is 1. The molecule has 0 fully saturated rings. The van der Waals surface area contributed by atoms with Crippen LogP contribution < -0.4 is 9.64 Å². The van der Waals surface area contributed by atoms with Gasteiger partial charge in [-0.1, -0.05) is 57.2 Å². The van der Waals surface area contributed by atoms with Crippen LogP contribution >= 0.6 is 0 Å². The van der Waals surface area contributed by atoms with Crippen LogP contribution in [-0.4, -0.2) is 44.3 Å². The van der Waals surface area contributed by atoms with Crippen LogP contribution in [0.2, 0.25) is 0 Å². The number of carbonyl (C=O) groups is 2. The zero-order chi connectivity index (χ0) is 28.7. The summed E-state index contributed by atoms with van der Waals surface area (Å²) in [4.78, 5) is 32.1. The van der Waals surface area contributed by atoms with Crippen molar-refractivity contribution < 1.29 is 23.8 Å². The summed E-state index contributed by atoms with van der Waals surface area (Å²) in [7, 11) is 3.01. The first kappa shape index (κ1) is 28.8. The number of ether oxygens (including phenoxy) is 3. The number of amides is 1. The molecule has 0 saturated heterocycles. The Morgan fingerprint density at radius 1 is 0.850 bits per heavy atom. The fraction of sp³-hybridized carbons (Fsp3) is 0.303. The first-order valence-corrected chi connectivity index (χ1v) is 13.3. The van der Waals surface area contributed by atoms with E-state index in [1.54, 1.807) is 30.3 Å². The number of rotatable bonds is 10. The molecular weight excluding hydrogens is 504 g/mol. The third-order valence-electron chi connectivity index (χ3n) is 6.44. The molecule has 0 atom stereocenters. The smallest absolute Gasteiger partial charge is 0.337 e. The minimum absolute atomic E-state index is 0.0160. The monoisotopic (exact) mass is 540 g/mol. The second-order valence-electron chi connectivity index (χ2n) is 10.8. The Kier molecular flexibility index (Phi) is 9.17. The third kappa shape index (κ3) is 7.24. The van der Waals surface area contributed by atoms with Crippen LogP contribution in [0.4, 0.5) is 5.82 Å². The highest BCUT2D eigenvalue weighted by atomic mass is 16.5. The molecular formula is C33H36N2O5. The summed E-state index contributed by atoms with van der Waals surface area (Å²) in [6.45, 7) is 7.56. The molecule has 0 bridgehead atoms. The first-order chi connectivity index (χ1) is 19.2. The van der Waals surface area contributed by atoms with E-state index in [0.29, 0.717) is 37.6 Å². The van der Waals surface area contributed by atoms with Gasteiger partial charge in [-0.25, -0.2) is 9.78 Å². The lowest BCUT2D eigenvalue weighted by atomic mass is 9.91. The largest absolute Gasteiger partial charge is 0.491 e. The zero-order valence-electron chi connectivity index (χ0n) is 23.8. The lowest BCUT2D eigenvalue weighted by Gasteiger charge is -2.27. The van der Waals surface area contributed by atoms with Gasteiger partial charge >= 0.3 is 5.97 Å². The second kappa shape index (κ2) is 12.7. The van der Waals surface area contributed by atoms with Crippen LogP contribution in [0, 0.1) is 5.41 Å². The van der Waals surface area contributed by atoms with E-state index >= 15 is 0 Å². The Morgan fingerprint density at radius 3 is 2.15 bits per heavy atom. The summed E-state index contributed by atoms with van der Waals surface area (Å²) < 4.78 is 15.6. The van der Waals surface area contributed by atoms with Gasteiger partial charge in [0.15, 0.2) is 0 Å². The molecule has 0 saturated carbocycles. The van der Waals surface area contributed by atoms with Gasteiger partial charge in [-0.2, -0.15) is 0 Å². The molecule has 1 aromatic heterocycles. The van der Waals surface area contributed by atoms with Crippen molar-refractivity contribution in [1.29, 1.82) is 0 Å². The van der Waals surface area contributed by atoms with Crippen molar-refractivity contribution in [2.45, 2.75) is 33.7 Å². The molecule has 40 heavy (non-hydrogen) atoms. The van der Waals surface area contributed by atoms with E-state index in [0.717, 1.165) is 33.2 Å². The molecule has 0 spiro atoms. The van der Waals surface area contributed by atoms with Crippen molar-refractivity contribution in [2.75, 3.05) is 32.3 Å². The van der Waals surface area contributed by atoms with E-state index in [1.807, 2.05) is 69.3 Å². The van der Waals surface area contributed by atoms with E-state index in [2.05, 4.69) is 17.1 Å². The van der Waals surface area contributed by atoms with Gasteiger partial charge in [-0.3, -0.25) is 9.69 Å². The summed E-state index contributed by atoms with van der Waals surface area (Å²) in [5.74, 6) is 0.940. The molecule has 1 amide bonds. The Morgan fingerprint density at radius 2 is 1.52 bits per heavy atom. The molecule has 0 aliphatic rings. The van der Waals surface area contributed by atoms with E-state index in [4.69, 9.17) is 14.2 Å². The molecule has 7 nitrogen and oxygen atoms in total. The van der Waals surface area contributed by atoms with Crippen LogP contribution in [0.1, 0.15) is 43.1 Å². The maximum absolute atomic E-state index is 13.6. The molecule has 1 heterocycles. The van der Waals surface area contributed by atoms with Crippen molar-refractivity contribution in [3.63, 3.8) is 0 Å². The highest BCUT2D eigenvalue weighted by Gasteiger charge is 2.25. The molecule has 208 valence electrons. The van der Waals surface area contributed by atoms with Crippen LogP contribution in [0.3, 0.4) is 0 Å². The van der Waals surface area contributed by atoms with Gasteiger partial charge in [0.25, 0.3) is 0 Å². The summed E-state index contributed by atoms with van der Waals surface area (Å²) in [5, 5.41) is 1.60. The number of carbonyl (C=O) groups excluding carboxylic acids is 2. The number of hydrogen-bond acceptors (Lipinski definition) is 6. The number of anilines is 1. The van der Waals surface area contributed by atoms with Crippen LogP contribution in [0.15, 0.2) is 79.0 Å². The predicted octanol–water partition coefficient (Wildman–Crippen LogP) is 6.68. The SMILES string of the molecule is COCCOc1ccc(-c2ccc(CN(C(=O)CC(C)(C)C)c3nccc4cc(C(=O)OC)ccc34)cc2)cc1. The molecule has 0 radical (unpaired) electrons. The minimum atomic E-state index is -0.408. The van der Waals surface area contributed by atoms with Crippen molar-refractivity contribution in [1.82, 2.24) is 4.98 Å². The Labute approximate surface area is 235 Å². The van der Waals surface area contributed by atoms with E-state index in [1.165, 1.54) is 7.11 Å². The van der Waals surface area contributed by atoms with Crippen molar-refractivity contribution >= 4 is 28.5 Å². The molecule has 7 heteroatoms. The van der Waals surface area contributed by atoms with Crippen LogP contribution in [0.25, 0.3) is 21.9 Å². The standard InChI is InChI=1S/C33H36N2O5/c1-33(2,3)21-30(36)35(31-29-15-12-27(32(37)39-5)20-26(29)16-17-34-31)22-23-6-8-24(9-7-23)25-10-13-28(14-11-25)40-19-18-38-4/h6-17,20H,18-19,21-22H2,1-5H3. The van der Waals surface area contributed by atoms with Crippen LogP contribution in [0.5, 0.6) is 5.75 Å². The first-order valence-electron chi connectivity index (χ1n) is 13.3. The van der Waals surface area contributed by atoms with Gasteiger partial charge in [0.1, 0.15) is 18.2 Å². The minimum Gasteiger partial charge on any atom is -0.491 e. The lowest BCUT2D eigenvalue weighted by Crippen LogP contribution is -2.34. The number of nitrogens with zero attached hydrogens (tertiary/aromatic N) is 2. The maximum atomic E-state index is 13.6. The normalized spacial score (nSPS) is 11.3. The van der Waals surface area contributed by atoms with E-state index < -0.39 is 5.97 Å². The molecule has 0 aliphatic carbocycles. The maximum Gasteiger partial charge on any atom is 0.337 e. The van der Waals surface area contributed by atoms with Crippen molar-refractivity contribution in [3.05, 3.63) is 90.1 Å². The average molecular weight is 541 g/mol. The fourth-order valence-corrected chi connectivity index (χ4v) is 4.42. The summed E-state index contributed by atoms with van der Waals surface area (Å²) in [6, 6.07) is 23.3. The molecule has 3 aromatic carbocycles. The predicted molar refractivity (Wildman–Crippen MR) is 158 cm³/mol. The van der Waals surface area contributed by atoms with Gasteiger partial charge in [0, 0.05) is 25.1 Å². The number of esters is 1. The molecule has 0 unspecified atom stereocenters. The summed E-state index contributed by atoms with van der Waals surface area (Å²) in [6.07, 6.45) is 2.03. The van der Waals surface area contributed by atoms with Gasteiger partial charge in [-0.15, -0.1) is 0 Å². The number of hydrogen-bond donors (Lipinski definition) is 0. The zero-order valence-corrected chi connectivity index (χ0v) is 23.8. The number of methoxy groups -OCH3 is 2. The fourth-order valence-electron chi connectivity index (χ4n) is 4.42. The van der Waals surface area contributed by atoms with E-state index in [-0.39, 0.29) is 11.3 Å². The highest BCUT2D eigenvalue weighted by Crippen LogP contribution is 2.30. The Bertz CT molecular complexity index is 1460. The van der Waals surface area contributed by atoms with Gasteiger partial charge < -0.3 is 14.2 Å². The van der Waals surface area contributed by atoms with Crippen molar-refractivity contribution in [2.24, 2.45) is 5.41 Å². The average Bonchev–Trinajstić information content (AvgIpc) is 2.95. The van der Waals surface area contributed by atoms with Gasteiger partial charge in [-0.05, 0) is 63.9 Å².